The van der Waals surface area contributed by atoms with Gasteiger partial charge in [0.05, 0.1) is 16.6 Å². The van der Waals surface area contributed by atoms with E-state index in [4.69, 9.17) is 0 Å². The summed E-state index contributed by atoms with van der Waals surface area (Å²) in [5, 5.41) is 8.39. The monoisotopic (exact) mass is 588 g/mol. The van der Waals surface area contributed by atoms with Crippen LogP contribution < -0.4 is 4.90 Å². The Kier molecular flexibility index (Phi) is 7.34. The zero-order valence-electron chi connectivity index (χ0n) is 23.0. The average Bonchev–Trinajstić information content (AvgIpc) is 3.85. The van der Waals surface area contributed by atoms with Crippen molar-refractivity contribution in [2.45, 2.75) is 58.0 Å². The molecule has 222 valence electrons. The summed E-state index contributed by atoms with van der Waals surface area (Å²) in [5.74, 6) is 1.66. The van der Waals surface area contributed by atoms with Crippen LogP contribution in [0.3, 0.4) is 0 Å². The van der Waals surface area contributed by atoms with E-state index in [1.807, 2.05) is 0 Å². The Balaban J connectivity index is 1.44. The SMILES string of the molecule is Cc1cc(CN(Cc2cc3cccc(C(F)(F)F)c3nc2N(CC2CC2)CC2CC2)C2=NCN=N2)cc(C(F)(F)F)c1. The standard InChI is InChI=1S/C30H30F6N6/c1-18-9-21(11-24(10-18)29(31,32)33)15-42(28-37-17-38-40-28)16-23-12-22-3-2-4-25(30(34,35)36)26(22)39-27(23)41(13-19-5-6-19)14-20-7-8-20/h2-4,9-12,19-20H,5-8,13-17H2,1H3. The van der Waals surface area contributed by atoms with E-state index in [0.717, 1.165) is 43.9 Å². The lowest BCUT2D eigenvalue weighted by Crippen LogP contribution is -2.33. The molecule has 1 aromatic heterocycles. The summed E-state index contributed by atoms with van der Waals surface area (Å²) < 4.78 is 82.8. The molecule has 2 aliphatic carbocycles. The Hall–Kier alpha value is -3.70. The van der Waals surface area contributed by atoms with Crippen molar-refractivity contribution in [2.75, 3.05) is 24.7 Å². The topological polar surface area (TPSA) is 56.5 Å². The number of aromatic nitrogens is 1. The van der Waals surface area contributed by atoms with Gasteiger partial charge in [-0.1, -0.05) is 23.8 Å². The molecule has 2 aromatic carbocycles. The van der Waals surface area contributed by atoms with Crippen LogP contribution in [0.25, 0.3) is 10.9 Å². The normalized spacial score (nSPS) is 17.2. The van der Waals surface area contributed by atoms with Crippen LogP contribution in [0.15, 0.2) is 57.7 Å². The van der Waals surface area contributed by atoms with Crippen LogP contribution in [0.5, 0.6) is 0 Å². The van der Waals surface area contributed by atoms with E-state index in [1.165, 1.54) is 6.07 Å². The second-order valence-corrected chi connectivity index (χ2v) is 11.5. The van der Waals surface area contributed by atoms with Crippen LogP contribution in [-0.2, 0) is 25.4 Å². The maximum Gasteiger partial charge on any atom is 0.418 e. The number of fused-ring (bicyclic) bond motifs is 1. The Morgan fingerprint density at radius 3 is 2.14 bits per heavy atom. The molecule has 6 nitrogen and oxygen atoms in total. The van der Waals surface area contributed by atoms with Crippen LogP contribution in [0.1, 0.15) is 53.5 Å². The number of hydrogen-bond acceptors (Lipinski definition) is 6. The third kappa shape index (κ3) is 6.52. The van der Waals surface area contributed by atoms with Gasteiger partial charge in [0.1, 0.15) is 5.82 Å². The largest absolute Gasteiger partial charge is 0.418 e. The fourth-order valence-corrected chi connectivity index (χ4v) is 5.45. The molecule has 0 N–H and O–H groups in total. The highest BCUT2D eigenvalue weighted by atomic mass is 19.4. The van der Waals surface area contributed by atoms with Gasteiger partial charge in [-0.3, -0.25) is 0 Å². The smallest absolute Gasteiger partial charge is 0.356 e. The maximum atomic E-state index is 14.0. The first kappa shape index (κ1) is 28.4. The number of benzene rings is 2. The number of halogens is 6. The second kappa shape index (κ2) is 10.9. The van der Waals surface area contributed by atoms with Gasteiger partial charge in [0.25, 0.3) is 0 Å². The Bertz CT molecular complexity index is 1520. The summed E-state index contributed by atoms with van der Waals surface area (Å²) in [5.41, 5.74) is -0.122. The van der Waals surface area contributed by atoms with Crippen molar-refractivity contribution < 1.29 is 26.3 Å². The molecule has 6 rings (SSSR count). The molecule has 3 aliphatic rings. The van der Waals surface area contributed by atoms with E-state index in [2.05, 4.69) is 25.1 Å². The summed E-state index contributed by atoms with van der Waals surface area (Å²) in [6.45, 7) is 3.28. The minimum absolute atomic E-state index is 0.0495. The van der Waals surface area contributed by atoms with Gasteiger partial charge in [-0.25, -0.2) is 9.98 Å². The van der Waals surface area contributed by atoms with Crippen molar-refractivity contribution in [3.8, 4) is 0 Å². The number of para-hydroxylation sites is 1. The van der Waals surface area contributed by atoms with Gasteiger partial charge in [-0.2, -0.15) is 31.5 Å². The van der Waals surface area contributed by atoms with Gasteiger partial charge < -0.3 is 9.80 Å². The molecule has 42 heavy (non-hydrogen) atoms. The van der Waals surface area contributed by atoms with Gasteiger partial charge in [0, 0.05) is 37.1 Å². The van der Waals surface area contributed by atoms with Gasteiger partial charge in [-0.05, 0) is 74.3 Å². The van der Waals surface area contributed by atoms with Crippen molar-refractivity contribution in [1.82, 2.24) is 9.88 Å². The molecule has 3 aromatic rings. The molecular weight excluding hydrogens is 558 g/mol. The molecule has 0 radical (unpaired) electrons. The summed E-state index contributed by atoms with van der Waals surface area (Å²) >= 11 is 0. The number of alkyl halides is 6. The Morgan fingerprint density at radius 1 is 0.833 bits per heavy atom. The highest BCUT2D eigenvalue weighted by Gasteiger charge is 2.36. The van der Waals surface area contributed by atoms with Crippen molar-refractivity contribution >= 4 is 22.7 Å². The number of pyridine rings is 1. The van der Waals surface area contributed by atoms with E-state index < -0.39 is 23.5 Å². The minimum atomic E-state index is -4.57. The third-order valence-corrected chi connectivity index (χ3v) is 7.78. The molecular formula is C30H30F6N6. The van der Waals surface area contributed by atoms with Crippen LogP contribution >= 0.6 is 0 Å². The third-order valence-electron chi connectivity index (χ3n) is 7.78. The molecule has 12 heteroatoms. The summed E-state index contributed by atoms with van der Waals surface area (Å²) in [7, 11) is 0. The Morgan fingerprint density at radius 2 is 1.55 bits per heavy atom. The number of azo groups is 1. The molecule has 2 heterocycles. The second-order valence-electron chi connectivity index (χ2n) is 11.5. The quantitative estimate of drug-likeness (QED) is 0.238. The first-order valence-electron chi connectivity index (χ1n) is 14.0. The maximum absolute atomic E-state index is 14.0. The van der Waals surface area contributed by atoms with Gasteiger partial charge in [0.15, 0.2) is 6.67 Å². The highest BCUT2D eigenvalue weighted by Crippen LogP contribution is 2.40. The van der Waals surface area contributed by atoms with Gasteiger partial charge in [0.2, 0.25) is 5.96 Å². The average molecular weight is 589 g/mol. The van der Waals surface area contributed by atoms with Crippen molar-refractivity contribution in [1.29, 1.82) is 0 Å². The number of guanidine groups is 1. The molecule has 2 saturated carbocycles. The first-order chi connectivity index (χ1) is 19.9. The minimum Gasteiger partial charge on any atom is -0.356 e. The molecule has 2 fully saturated rings. The number of anilines is 1. The van der Waals surface area contributed by atoms with Crippen molar-refractivity contribution in [3.63, 3.8) is 0 Å². The van der Waals surface area contributed by atoms with Crippen LogP contribution in [0.4, 0.5) is 32.2 Å². The Labute approximate surface area is 239 Å². The van der Waals surface area contributed by atoms with Crippen molar-refractivity contribution in [2.24, 2.45) is 27.1 Å². The fraction of sp³-hybridized carbons (Fsp3) is 0.467. The van der Waals surface area contributed by atoms with Gasteiger partial charge in [-0.15, -0.1) is 5.11 Å². The van der Waals surface area contributed by atoms with Crippen molar-refractivity contribution in [3.05, 3.63) is 70.3 Å². The molecule has 0 spiro atoms. The van der Waals surface area contributed by atoms with E-state index in [0.29, 0.717) is 52.8 Å². The van der Waals surface area contributed by atoms with E-state index in [1.54, 1.807) is 30.0 Å². The number of hydrogen-bond donors (Lipinski definition) is 0. The zero-order chi connectivity index (χ0) is 29.6. The number of rotatable bonds is 9. The zero-order valence-corrected chi connectivity index (χ0v) is 23.0. The number of aryl methyl sites for hydroxylation is 1. The molecule has 0 bridgehead atoms. The number of aliphatic imine (C=N–C) groups is 1. The molecule has 0 atom stereocenters. The first-order valence-corrected chi connectivity index (χ1v) is 14.0. The highest BCUT2D eigenvalue weighted by molar-refractivity contribution is 5.86. The van der Waals surface area contributed by atoms with Crippen LogP contribution in [0.2, 0.25) is 0 Å². The molecule has 1 aliphatic heterocycles. The predicted octanol–water partition coefficient (Wildman–Crippen LogP) is 7.99. The van der Waals surface area contributed by atoms with Crippen LogP contribution in [-0.4, -0.2) is 35.6 Å². The molecule has 0 unspecified atom stereocenters. The molecule has 0 saturated heterocycles. The fourth-order valence-electron chi connectivity index (χ4n) is 5.45. The predicted molar refractivity (Wildman–Crippen MR) is 147 cm³/mol. The summed E-state index contributed by atoms with van der Waals surface area (Å²) in [6, 6.07) is 9.60. The van der Waals surface area contributed by atoms with Crippen LogP contribution in [0, 0.1) is 18.8 Å². The number of nitrogens with zero attached hydrogens (tertiary/aromatic N) is 6. The summed E-state index contributed by atoms with van der Waals surface area (Å²) in [6.07, 6.45) is -4.82. The lowest BCUT2D eigenvalue weighted by Gasteiger charge is -2.30. The van der Waals surface area contributed by atoms with E-state index >= 15 is 0 Å². The molecule has 0 amide bonds. The lowest BCUT2D eigenvalue weighted by atomic mass is 10.0. The van der Waals surface area contributed by atoms with E-state index in [-0.39, 0.29) is 31.2 Å². The lowest BCUT2D eigenvalue weighted by molar-refractivity contribution is -0.138. The van der Waals surface area contributed by atoms with Gasteiger partial charge >= 0.3 is 12.4 Å². The summed E-state index contributed by atoms with van der Waals surface area (Å²) in [4.78, 5) is 12.8. The van der Waals surface area contributed by atoms with E-state index in [9.17, 15) is 26.3 Å².